The Bertz CT molecular complexity index is 5110. The number of alkyl halides is 6. The highest BCUT2D eigenvalue weighted by Gasteiger charge is 2.39. The van der Waals surface area contributed by atoms with Crippen LogP contribution in [0.15, 0.2) is 237 Å². The zero-order valence-electron chi connectivity index (χ0n) is 42.0. The number of nitriles is 1. The molecule has 0 aliphatic heterocycles. The Labute approximate surface area is 451 Å². The van der Waals surface area contributed by atoms with Crippen LogP contribution in [0.2, 0.25) is 0 Å². The lowest BCUT2D eigenvalue weighted by Crippen LogP contribution is -2.12. The first-order valence-electron chi connectivity index (χ1n) is 26.0. The van der Waals surface area contributed by atoms with E-state index in [2.05, 4.69) is 109 Å². The highest BCUT2D eigenvalue weighted by molar-refractivity contribution is 6.28. The van der Waals surface area contributed by atoms with Gasteiger partial charge < -0.3 is 18.3 Å². The molecule has 0 atom stereocenters. The van der Waals surface area contributed by atoms with Gasteiger partial charge >= 0.3 is 12.4 Å². The van der Waals surface area contributed by atoms with Gasteiger partial charge in [0.2, 0.25) is 0 Å². The summed E-state index contributed by atoms with van der Waals surface area (Å²) in [6.07, 6.45) is -10.3. The summed E-state index contributed by atoms with van der Waals surface area (Å²) in [6, 6.07) is 75.4. The van der Waals surface area contributed by atoms with Crippen LogP contribution in [0, 0.1) is 11.3 Å². The van der Waals surface area contributed by atoms with Crippen molar-refractivity contribution in [3.05, 3.63) is 253 Å². The minimum atomic E-state index is -5.20. The van der Waals surface area contributed by atoms with Gasteiger partial charge in [-0.05, 0) is 120 Å². The third-order valence-electron chi connectivity index (χ3n) is 15.8. The largest absolute Gasteiger partial charge is 0.417 e. The average Bonchev–Trinajstić information content (AvgIpc) is 4.37. The Kier molecular flexibility index (Phi) is 10.2. The lowest BCUT2D eigenvalue weighted by atomic mass is 9.88. The molecule has 0 fully saturated rings. The van der Waals surface area contributed by atoms with Gasteiger partial charge in [0.05, 0.1) is 72.6 Å². The average molecular weight is 1050 g/mol. The van der Waals surface area contributed by atoms with E-state index in [4.69, 9.17) is 0 Å². The molecule has 4 heterocycles. The minimum absolute atomic E-state index is 0.0193. The molecule has 0 saturated heterocycles. The molecule has 0 radical (unpaired) electrons. The number of nitrogens with zero attached hydrogens (tertiary/aromatic N) is 5. The maximum absolute atomic E-state index is 15.6. The highest BCUT2D eigenvalue weighted by atomic mass is 19.4. The second kappa shape index (κ2) is 17.3. The van der Waals surface area contributed by atoms with Crippen molar-refractivity contribution in [3.8, 4) is 51.1 Å². The molecule has 11 heteroatoms. The Morgan fingerprint density at radius 3 is 1.31 bits per heavy atom. The smallest absolute Gasteiger partial charge is 0.309 e. The van der Waals surface area contributed by atoms with Crippen LogP contribution in [0.5, 0.6) is 0 Å². The molecule has 0 bridgehead atoms. The fraction of sp³-hybridized carbons (Fsp3) is 0.0290. The van der Waals surface area contributed by atoms with E-state index in [1.165, 1.54) is 0 Å². The van der Waals surface area contributed by atoms with Crippen molar-refractivity contribution >= 4 is 87.2 Å². The Balaban J connectivity index is 1.07. The standard InChI is InChI=1S/C69H39F6N5/c70-68(71,72)42-28-30-47(56(38-42)69(73,74)75)46-31-29-45(77-59-25-13-9-21-52(59)64-62(77)35-32-50-48-19-7-11-23-57(48)78(66(50)64)43-15-3-1-4-16-43)39-54(46)55-37-41(40-76)27-34-61(55)80-60-26-14-10-22-53(60)65-63(80)36-33-51-49-20-8-12-24-58(49)79(67(51)65)44-17-5-2-6-18-44/h1-39H. The zero-order valence-corrected chi connectivity index (χ0v) is 42.0. The molecular weight excluding hydrogens is 1010 g/mol. The van der Waals surface area contributed by atoms with Crippen LogP contribution in [0.1, 0.15) is 16.7 Å². The van der Waals surface area contributed by atoms with Gasteiger partial charge in [-0.2, -0.15) is 31.6 Å². The van der Waals surface area contributed by atoms with E-state index >= 15 is 13.2 Å². The second-order valence-corrected chi connectivity index (χ2v) is 20.1. The molecule has 11 aromatic carbocycles. The molecule has 0 N–H and O–H groups in total. The highest BCUT2D eigenvalue weighted by Crippen LogP contribution is 2.49. The number of halogens is 6. The summed E-state index contributed by atoms with van der Waals surface area (Å²) in [6.45, 7) is 0. The number of benzene rings is 11. The van der Waals surface area contributed by atoms with Gasteiger partial charge in [0.25, 0.3) is 0 Å². The summed E-state index contributed by atoms with van der Waals surface area (Å²) in [4.78, 5) is 0. The van der Waals surface area contributed by atoms with E-state index in [9.17, 15) is 18.4 Å². The number of rotatable bonds is 6. The summed E-state index contributed by atoms with van der Waals surface area (Å²) in [5, 5.41) is 18.6. The molecule has 0 aliphatic rings. The topological polar surface area (TPSA) is 43.5 Å². The van der Waals surface area contributed by atoms with E-state index < -0.39 is 29.0 Å². The van der Waals surface area contributed by atoms with Gasteiger partial charge in [-0.1, -0.05) is 133 Å². The number of para-hydroxylation sites is 6. The van der Waals surface area contributed by atoms with Crippen LogP contribution in [0.25, 0.3) is 132 Å². The molecule has 80 heavy (non-hydrogen) atoms. The number of hydrogen-bond donors (Lipinski definition) is 0. The number of hydrogen-bond acceptors (Lipinski definition) is 1. The fourth-order valence-electron chi connectivity index (χ4n) is 12.6. The molecule has 0 unspecified atom stereocenters. The van der Waals surface area contributed by atoms with E-state index in [0.717, 1.165) is 105 Å². The maximum atomic E-state index is 15.6. The van der Waals surface area contributed by atoms with Crippen LogP contribution in [-0.2, 0) is 12.4 Å². The molecule has 4 aromatic heterocycles. The van der Waals surface area contributed by atoms with Crippen molar-refractivity contribution in [1.29, 1.82) is 5.26 Å². The first kappa shape index (κ1) is 46.9. The number of aromatic nitrogens is 4. The van der Waals surface area contributed by atoms with Crippen molar-refractivity contribution in [2.75, 3.05) is 0 Å². The second-order valence-electron chi connectivity index (χ2n) is 20.1. The van der Waals surface area contributed by atoms with Gasteiger partial charge in [-0.15, -0.1) is 0 Å². The summed E-state index contributed by atoms with van der Waals surface area (Å²) in [5.41, 5.74) is 7.73. The predicted molar refractivity (Wildman–Crippen MR) is 309 cm³/mol. The molecule has 15 aromatic rings. The SMILES string of the molecule is N#Cc1ccc(-n2c3ccccc3c3c2ccc2c4ccccc4n(-c4ccccc4)c23)c(-c2cc(-n3c4ccccc4c4c3ccc3c5ccccc5n(-c5ccccc5)c34)ccc2-c2ccc(C(F)(F)F)cc2C(F)(F)F)c1. The van der Waals surface area contributed by atoms with E-state index in [1.54, 1.807) is 24.3 Å². The van der Waals surface area contributed by atoms with Crippen LogP contribution in [0.3, 0.4) is 0 Å². The van der Waals surface area contributed by atoms with E-state index in [-0.39, 0.29) is 22.8 Å². The third-order valence-corrected chi connectivity index (χ3v) is 15.8. The predicted octanol–water partition coefficient (Wildman–Crippen LogP) is 19.3. The normalized spacial score (nSPS) is 12.4. The summed E-state index contributed by atoms with van der Waals surface area (Å²) >= 11 is 0. The molecule has 0 amide bonds. The Morgan fingerprint density at radius 1 is 0.312 bits per heavy atom. The third kappa shape index (κ3) is 6.91. The zero-order chi connectivity index (χ0) is 54.2. The summed E-state index contributed by atoms with van der Waals surface area (Å²) < 4.78 is 98.6. The van der Waals surface area contributed by atoms with Gasteiger partial charge in [0.1, 0.15) is 0 Å². The van der Waals surface area contributed by atoms with Crippen LogP contribution in [-0.4, -0.2) is 18.3 Å². The van der Waals surface area contributed by atoms with Crippen molar-refractivity contribution in [1.82, 2.24) is 18.3 Å². The Hall–Kier alpha value is -10.3. The molecule has 382 valence electrons. The number of fused-ring (bicyclic) bond motifs is 14. The monoisotopic (exact) mass is 1050 g/mol. The lowest BCUT2D eigenvalue weighted by Gasteiger charge is -2.22. The summed E-state index contributed by atoms with van der Waals surface area (Å²) in [7, 11) is 0. The van der Waals surface area contributed by atoms with Gasteiger partial charge in [-0.3, -0.25) is 0 Å². The van der Waals surface area contributed by atoms with E-state index in [1.807, 2.05) is 109 Å². The van der Waals surface area contributed by atoms with Gasteiger partial charge in [0, 0.05) is 65.7 Å². The van der Waals surface area contributed by atoms with Crippen molar-refractivity contribution in [2.24, 2.45) is 0 Å². The first-order chi connectivity index (χ1) is 39.0. The van der Waals surface area contributed by atoms with Crippen molar-refractivity contribution in [3.63, 3.8) is 0 Å². The minimum Gasteiger partial charge on any atom is -0.309 e. The lowest BCUT2D eigenvalue weighted by molar-refractivity contribution is -0.142. The van der Waals surface area contributed by atoms with Crippen molar-refractivity contribution in [2.45, 2.75) is 12.4 Å². The summed E-state index contributed by atoms with van der Waals surface area (Å²) in [5.74, 6) is 0. The fourth-order valence-corrected chi connectivity index (χ4v) is 12.6. The van der Waals surface area contributed by atoms with Crippen LogP contribution >= 0.6 is 0 Å². The molecule has 5 nitrogen and oxygen atoms in total. The van der Waals surface area contributed by atoms with Crippen molar-refractivity contribution < 1.29 is 26.3 Å². The van der Waals surface area contributed by atoms with E-state index in [0.29, 0.717) is 23.0 Å². The molecule has 0 saturated carbocycles. The Morgan fingerprint density at radius 2 is 0.787 bits per heavy atom. The van der Waals surface area contributed by atoms with Gasteiger partial charge in [-0.25, -0.2) is 0 Å². The molecule has 0 spiro atoms. The van der Waals surface area contributed by atoms with Crippen LogP contribution in [0.4, 0.5) is 26.3 Å². The quantitative estimate of drug-likeness (QED) is 0.153. The molecular formula is C69H39F6N5. The maximum Gasteiger partial charge on any atom is 0.417 e. The van der Waals surface area contributed by atoms with Gasteiger partial charge in [0.15, 0.2) is 0 Å². The molecule has 15 rings (SSSR count). The van der Waals surface area contributed by atoms with Crippen LogP contribution < -0.4 is 0 Å². The first-order valence-corrected chi connectivity index (χ1v) is 26.0. The molecule has 0 aliphatic carbocycles.